The van der Waals surface area contributed by atoms with E-state index in [2.05, 4.69) is 0 Å². The van der Waals surface area contributed by atoms with Crippen molar-refractivity contribution >= 4 is 17.5 Å². The number of ether oxygens (including phenoxy) is 2. The molecule has 0 aliphatic carbocycles. The number of hydrogen-bond donors (Lipinski definition) is 0. The van der Waals surface area contributed by atoms with Gasteiger partial charge >= 0.3 is 11.9 Å². The second-order valence-electron chi connectivity index (χ2n) is 4.75. The summed E-state index contributed by atoms with van der Waals surface area (Å²) < 4.78 is 10.2. The maximum absolute atomic E-state index is 12.0. The second kappa shape index (κ2) is 4.88. The summed E-state index contributed by atoms with van der Waals surface area (Å²) in [7, 11) is 0. The molecule has 0 aromatic heterocycles. The van der Waals surface area contributed by atoms with Crippen LogP contribution in [0.4, 0.5) is 0 Å². The molecule has 19 heavy (non-hydrogen) atoms. The normalized spacial score (nSPS) is 17.7. The Morgan fingerprint density at radius 2 is 1.58 bits per heavy atom. The Kier molecular flexibility index (Phi) is 3.42. The molecule has 0 unspecified atom stereocenters. The summed E-state index contributed by atoms with van der Waals surface area (Å²) in [6.45, 7) is 4.96. The number of cyclic esters (lactones) is 2. The van der Waals surface area contributed by atoms with Crippen molar-refractivity contribution in [3.05, 3.63) is 41.5 Å². The molecule has 0 radical (unpaired) electrons. The molecular formula is C15H16O4. The van der Waals surface area contributed by atoms with E-state index < -0.39 is 17.7 Å². The van der Waals surface area contributed by atoms with Crippen LogP contribution in [-0.4, -0.2) is 17.7 Å². The van der Waals surface area contributed by atoms with E-state index in [0.29, 0.717) is 12.0 Å². The van der Waals surface area contributed by atoms with Crippen molar-refractivity contribution in [2.75, 3.05) is 0 Å². The van der Waals surface area contributed by atoms with Gasteiger partial charge in [0.25, 0.3) is 5.79 Å². The third-order valence-corrected chi connectivity index (χ3v) is 2.86. The van der Waals surface area contributed by atoms with Gasteiger partial charge in [-0.05, 0) is 17.6 Å². The summed E-state index contributed by atoms with van der Waals surface area (Å²) in [6.07, 6.45) is 0.546. The van der Waals surface area contributed by atoms with Gasteiger partial charge in [-0.2, -0.15) is 0 Å². The zero-order chi connectivity index (χ0) is 14.0. The standard InChI is InChI=1S/C15H16O4/c1-4-11(10-8-6-5-7-9-10)12-13(16)18-15(2,3)19-14(12)17/h5-9H,4H2,1-3H3. The van der Waals surface area contributed by atoms with Gasteiger partial charge in [0.1, 0.15) is 5.57 Å². The number of carbonyl (C=O) groups excluding carboxylic acids is 2. The first-order chi connectivity index (χ1) is 8.94. The lowest BCUT2D eigenvalue weighted by molar-refractivity contribution is -0.222. The molecule has 4 heteroatoms. The molecule has 0 atom stereocenters. The van der Waals surface area contributed by atoms with Crippen LogP contribution in [0, 0.1) is 0 Å². The average molecular weight is 260 g/mol. The molecule has 1 aliphatic rings. The Hall–Kier alpha value is -2.10. The van der Waals surface area contributed by atoms with Crippen LogP contribution in [0.15, 0.2) is 35.9 Å². The molecule has 0 saturated carbocycles. The van der Waals surface area contributed by atoms with Gasteiger partial charge in [-0.25, -0.2) is 9.59 Å². The van der Waals surface area contributed by atoms with Gasteiger partial charge in [0, 0.05) is 13.8 Å². The van der Waals surface area contributed by atoms with Crippen molar-refractivity contribution in [3.63, 3.8) is 0 Å². The van der Waals surface area contributed by atoms with Gasteiger partial charge in [-0.1, -0.05) is 37.3 Å². The first-order valence-electron chi connectivity index (χ1n) is 6.20. The van der Waals surface area contributed by atoms with E-state index in [0.717, 1.165) is 5.56 Å². The van der Waals surface area contributed by atoms with Crippen LogP contribution in [0.5, 0.6) is 0 Å². The Morgan fingerprint density at radius 1 is 1.05 bits per heavy atom. The van der Waals surface area contributed by atoms with Crippen molar-refractivity contribution in [3.8, 4) is 0 Å². The van der Waals surface area contributed by atoms with Gasteiger partial charge < -0.3 is 9.47 Å². The molecule has 0 bridgehead atoms. The molecule has 1 aliphatic heterocycles. The van der Waals surface area contributed by atoms with Crippen LogP contribution in [0.1, 0.15) is 32.8 Å². The van der Waals surface area contributed by atoms with Gasteiger partial charge in [0.2, 0.25) is 0 Å². The van der Waals surface area contributed by atoms with Crippen molar-refractivity contribution < 1.29 is 19.1 Å². The quantitative estimate of drug-likeness (QED) is 0.466. The minimum Gasteiger partial charge on any atom is -0.419 e. The van der Waals surface area contributed by atoms with Crippen LogP contribution in [0.2, 0.25) is 0 Å². The Morgan fingerprint density at radius 3 is 2.05 bits per heavy atom. The maximum atomic E-state index is 12.0. The topological polar surface area (TPSA) is 52.6 Å². The number of esters is 2. The highest BCUT2D eigenvalue weighted by Gasteiger charge is 2.40. The van der Waals surface area contributed by atoms with Crippen LogP contribution in [0.3, 0.4) is 0 Å². The number of allylic oxidation sites excluding steroid dienone is 1. The fourth-order valence-corrected chi connectivity index (χ4v) is 2.06. The highest BCUT2D eigenvalue weighted by Crippen LogP contribution is 2.30. The van der Waals surface area contributed by atoms with Crippen LogP contribution in [0.25, 0.3) is 5.57 Å². The molecule has 0 N–H and O–H groups in total. The predicted molar refractivity (Wildman–Crippen MR) is 69.9 cm³/mol. The number of rotatable bonds is 2. The minimum atomic E-state index is -1.20. The number of carbonyl (C=O) groups is 2. The highest BCUT2D eigenvalue weighted by atomic mass is 16.7. The lowest BCUT2D eigenvalue weighted by Gasteiger charge is -2.30. The second-order valence-corrected chi connectivity index (χ2v) is 4.75. The van der Waals surface area contributed by atoms with Crippen LogP contribution in [-0.2, 0) is 19.1 Å². The number of hydrogen-bond acceptors (Lipinski definition) is 4. The molecule has 0 amide bonds. The molecule has 100 valence electrons. The highest BCUT2D eigenvalue weighted by molar-refractivity contribution is 6.21. The summed E-state index contributed by atoms with van der Waals surface area (Å²) in [5.74, 6) is -2.45. The average Bonchev–Trinajstić information content (AvgIpc) is 2.33. The molecule has 1 aromatic carbocycles. The van der Waals surface area contributed by atoms with Crippen molar-refractivity contribution in [1.82, 2.24) is 0 Å². The molecule has 0 spiro atoms. The minimum absolute atomic E-state index is 0.00646. The molecule has 1 aromatic rings. The monoisotopic (exact) mass is 260 g/mol. The SMILES string of the molecule is CCC(=C1C(=O)OC(C)(C)OC1=O)c1ccccc1. The summed E-state index contributed by atoms with van der Waals surface area (Å²) in [4.78, 5) is 24.0. The van der Waals surface area contributed by atoms with Gasteiger partial charge in [-0.15, -0.1) is 0 Å². The van der Waals surface area contributed by atoms with E-state index in [4.69, 9.17) is 9.47 Å². The molecule has 1 fully saturated rings. The molecule has 4 nitrogen and oxygen atoms in total. The van der Waals surface area contributed by atoms with Crippen LogP contribution < -0.4 is 0 Å². The van der Waals surface area contributed by atoms with Crippen molar-refractivity contribution in [2.24, 2.45) is 0 Å². The summed E-state index contributed by atoms with van der Waals surface area (Å²) in [5.41, 5.74) is 1.47. The predicted octanol–water partition coefficient (Wildman–Crippen LogP) is 2.69. The summed E-state index contributed by atoms with van der Waals surface area (Å²) in [5, 5.41) is 0. The lowest BCUT2D eigenvalue weighted by Crippen LogP contribution is -2.42. The van der Waals surface area contributed by atoms with Gasteiger partial charge in [0.05, 0.1) is 0 Å². The third-order valence-electron chi connectivity index (χ3n) is 2.86. The van der Waals surface area contributed by atoms with E-state index in [1.807, 2.05) is 37.3 Å². The van der Waals surface area contributed by atoms with Gasteiger partial charge in [0.15, 0.2) is 0 Å². The molecule has 1 saturated heterocycles. The zero-order valence-electron chi connectivity index (χ0n) is 11.2. The van der Waals surface area contributed by atoms with Gasteiger partial charge in [-0.3, -0.25) is 0 Å². The van der Waals surface area contributed by atoms with E-state index in [1.165, 1.54) is 13.8 Å². The fourth-order valence-electron chi connectivity index (χ4n) is 2.06. The summed E-state index contributed by atoms with van der Waals surface area (Å²) >= 11 is 0. The molecule has 1 heterocycles. The smallest absolute Gasteiger partial charge is 0.349 e. The van der Waals surface area contributed by atoms with E-state index in [9.17, 15) is 9.59 Å². The van der Waals surface area contributed by atoms with Crippen LogP contribution >= 0.6 is 0 Å². The first kappa shape index (κ1) is 13.3. The Bertz CT molecular complexity index is 519. The third kappa shape index (κ3) is 2.67. The molecular weight excluding hydrogens is 244 g/mol. The fraction of sp³-hybridized carbons (Fsp3) is 0.333. The summed E-state index contributed by atoms with van der Waals surface area (Å²) in [6, 6.07) is 9.30. The Balaban J connectivity index is 2.50. The maximum Gasteiger partial charge on any atom is 0.349 e. The van der Waals surface area contributed by atoms with E-state index in [1.54, 1.807) is 0 Å². The molecule has 2 rings (SSSR count). The van der Waals surface area contributed by atoms with E-state index >= 15 is 0 Å². The number of benzene rings is 1. The van der Waals surface area contributed by atoms with Crippen molar-refractivity contribution in [1.29, 1.82) is 0 Å². The van der Waals surface area contributed by atoms with E-state index in [-0.39, 0.29) is 5.57 Å². The lowest BCUT2D eigenvalue weighted by atomic mass is 9.97. The Labute approximate surface area is 112 Å². The largest absolute Gasteiger partial charge is 0.419 e. The first-order valence-corrected chi connectivity index (χ1v) is 6.20. The van der Waals surface area contributed by atoms with Crippen molar-refractivity contribution in [2.45, 2.75) is 33.0 Å². The zero-order valence-corrected chi connectivity index (χ0v) is 11.2.